The van der Waals surface area contributed by atoms with Crippen molar-refractivity contribution in [3.63, 3.8) is 0 Å². The average molecular weight is 187 g/mol. The van der Waals surface area contributed by atoms with E-state index in [2.05, 4.69) is 28.6 Å². The normalized spacial score (nSPS) is 13.0. The molecule has 3 nitrogen and oxygen atoms in total. The number of hydrogen-bond acceptors (Lipinski definition) is 3. The summed E-state index contributed by atoms with van der Waals surface area (Å²) in [5, 5.41) is 1.15. The van der Waals surface area contributed by atoms with Crippen molar-refractivity contribution >= 4 is 10.9 Å². The lowest BCUT2D eigenvalue weighted by atomic mass is 10.1. The van der Waals surface area contributed by atoms with Crippen LogP contribution in [-0.4, -0.2) is 4.98 Å². The number of nitrogens with zero attached hydrogens (tertiary/aromatic N) is 1. The van der Waals surface area contributed by atoms with E-state index in [0.29, 0.717) is 0 Å². The Bertz CT molecular complexity index is 439. The van der Waals surface area contributed by atoms with Gasteiger partial charge in [0.05, 0.1) is 5.52 Å². The lowest BCUT2D eigenvalue weighted by molar-refractivity contribution is 0.603. The Balaban J connectivity index is 2.51. The first-order valence-corrected chi connectivity index (χ1v) is 4.62. The van der Waals surface area contributed by atoms with Crippen LogP contribution >= 0.6 is 0 Å². The van der Waals surface area contributed by atoms with Crippen LogP contribution in [-0.2, 0) is 0 Å². The smallest absolute Gasteiger partial charge is 0.0705 e. The van der Waals surface area contributed by atoms with Gasteiger partial charge in [0.15, 0.2) is 0 Å². The zero-order chi connectivity index (χ0) is 9.97. The second-order valence-electron chi connectivity index (χ2n) is 3.34. The molecule has 0 amide bonds. The summed E-state index contributed by atoms with van der Waals surface area (Å²) in [4.78, 5) is 4.29. The highest BCUT2D eigenvalue weighted by Crippen LogP contribution is 2.17. The maximum atomic E-state index is 5.38. The maximum absolute atomic E-state index is 5.38. The van der Waals surface area contributed by atoms with Crippen molar-refractivity contribution in [1.29, 1.82) is 0 Å². The molecule has 1 atom stereocenters. The molecule has 0 bridgehead atoms. The molecule has 1 aromatic carbocycles. The highest BCUT2D eigenvalue weighted by Gasteiger charge is 2.03. The molecule has 14 heavy (non-hydrogen) atoms. The lowest BCUT2D eigenvalue weighted by Crippen LogP contribution is -2.25. The van der Waals surface area contributed by atoms with Crippen LogP contribution in [0, 0.1) is 0 Å². The lowest BCUT2D eigenvalue weighted by Gasteiger charge is -2.10. The van der Waals surface area contributed by atoms with Crippen molar-refractivity contribution in [2.45, 2.75) is 13.0 Å². The Morgan fingerprint density at radius 1 is 1.36 bits per heavy atom. The molecule has 3 heteroatoms. The van der Waals surface area contributed by atoms with E-state index in [0.717, 1.165) is 16.5 Å². The van der Waals surface area contributed by atoms with Gasteiger partial charge in [0, 0.05) is 17.6 Å². The van der Waals surface area contributed by atoms with Gasteiger partial charge in [0.25, 0.3) is 0 Å². The third kappa shape index (κ3) is 1.60. The largest absolute Gasteiger partial charge is 0.271 e. The topological polar surface area (TPSA) is 50.9 Å². The predicted molar refractivity (Wildman–Crippen MR) is 57.5 cm³/mol. The Hall–Kier alpha value is -1.45. The second-order valence-corrected chi connectivity index (χ2v) is 3.34. The second kappa shape index (κ2) is 3.74. The highest BCUT2D eigenvalue weighted by atomic mass is 15.2. The molecule has 72 valence electrons. The maximum Gasteiger partial charge on any atom is 0.0705 e. The molecule has 0 radical (unpaired) electrons. The summed E-state index contributed by atoms with van der Waals surface area (Å²) in [6.07, 6.45) is 1.80. The average Bonchev–Trinajstić information content (AvgIpc) is 2.27. The van der Waals surface area contributed by atoms with Gasteiger partial charge in [0.2, 0.25) is 0 Å². The van der Waals surface area contributed by atoms with Crippen LogP contribution in [0.1, 0.15) is 18.5 Å². The van der Waals surface area contributed by atoms with Crippen molar-refractivity contribution in [1.82, 2.24) is 10.4 Å². The highest BCUT2D eigenvalue weighted by molar-refractivity contribution is 5.78. The molecule has 1 unspecified atom stereocenters. The fourth-order valence-corrected chi connectivity index (χ4v) is 1.45. The minimum atomic E-state index is 0.154. The van der Waals surface area contributed by atoms with E-state index >= 15 is 0 Å². The Morgan fingerprint density at radius 2 is 2.21 bits per heavy atom. The molecule has 0 aliphatic heterocycles. The van der Waals surface area contributed by atoms with E-state index in [-0.39, 0.29) is 6.04 Å². The summed E-state index contributed by atoms with van der Waals surface area (Å²) < 4.78 is 0. The Labute approximate surface area is 82.9 Å². The van der Waals surface area contributed by atoms with Gasteiger partial charge in [-0.05, 0) is 24.6 Å². The molecule has 0 saturated heterocycles. The predicted octanol–water partition coefficient (Wildman–Crippen LogP) is 1.76. The van der Waals surface area contributed by atoms with Crippen molar-refractivity contribution < 1.29 is 0 Å². The number of nitrogens with one attached hydrogen (secondary N) is 1. The summed E-state index contributed by atoms with van der Waals surface area (Å²) in [6.45, 7) is 2.02. The van der Waals surface area contributed by atoms with Crippen molar-refractivity contribution in [3.8, 4) is 0 Å². The molecular formula is C11H13N3. The quantitative estimate of drug-likeness (QED) is 0.556. The molecule has 0 spiro atoms. The van der Waals surface area contributed by atoms with E-state index in [1.807, 2.05) is 19.1 Å². The number of hydrazine groups is 1. The third-order valence-electron chi connectivity index (χ3n) is 2.38. The van der Waals surface area contributed by atoms with Gasteiger partial charge in [-0.2, -0.15) is 0 Å². The Morgan fingerprint density at radius 3 is 3.00 bits per heavy atom. The zero-order valence-corrected chi connectivity index (χ0v) is 8.07. The van der Waals surface area contributed by atoms with E-state index in [9.17, 15) is 0 Å². The van der Waals surface area contributed by atoms with E-state index in [1.165, 1.54) is 0 Å². The fraction of sp³-hybridized carbons (Fsp3) is 0.182. The summed E-state index contributed by atoms with van der Waals surface area (Å²) in [6, 6.07) is 10.3. The van der Waals surface area contributed by atoms with Gasteiger partial charge in [-0.3, -0.25) is 16.3 Å². The standard InChI is InChI=1S/C11H13N3/c1-8(14-12)10-5-4-9-3-2-6-13-11(9)7-10/h2-8,14H,12H2,1H3. The van der Waals surface area contributed by atoms with Crippen LogP contribution in [0.15, 0.2) is 36.5 Å². The summed E-state index contributed by atoms with van der Waals surface area (Å²) in [5.41, 5.74) is 4.88. The van der Waals surface area contributed by atoms with Gasteiger partial charge in [-0.25, -0.2) is 0 Å². The van der Waals surface area contributed by atoms with E-state index in [4.69, 9.17) is 5.84 Å². The van der Waals surface area contributed by atoms with Crippen LogP contribution < -0.4 is 11.3 Å². The van der Waals surface area contributed by atoms with Gasteiger partial charge < -0.3 is 0 Å². The molecule has 0 fully saturated rings. The number of rotatable bonds is 2. The summed E-state index contributed by atoms with van der Waals surface area (Å²) in [5.74, 6) is 5.38. The van der Waals surface area contributed by atoms with Gasteiger partial charge in [-0.1, -0.05) is 18.2 Å². The Kier molecular flexibility index (Phi) is 2.43. The number of benzene rings is 1. The molecule has 0 aliphatic rings. The summed E-state index contributed by atoms with van der Waals surface area (Å²) >= 11 is 0. The van der Waals surface area contributed by atoms with Gasteiger partial charge in [-0.15, -0.1) is 0 Å². The molecule has 0 saturated carbocycles. The minimum absolute atomic E-state index is 0.154. The van der Waals surface area contributed by atoms with Gasteiger partial charge >= 0.3 is 0 Å². The molecule has 2 rings (SSSR count). The fourth-order valence-electron chi connectivity index (χ4n) is 1.45. The number of hydrogen-bond donors (Lipinski definition) is 2. The van der Waals surface area contributed by atoms with Crippen molar-refractivity contribution in [2.24, 2.45) is 5.84 Å². The van der Waals surface area contributed by atoms with Crippen LogP contribution in [0.5, 0.6) is 0 Å². The molecule has 3 N–H and O–H groups in total. The van der Waals surface area contributed by atoms with Gasteiger partial charge in [0.1, 0.15) is 0 Å². The first-order valence-electron chi connectivity index (χ1n) is 4.62. The number of fused-ring (bicyclic) bond motifs is 1. The van der Waals surface area contributed by atoms with Crippen LogP contribution in [0.4, 0.5) is 0 Å². The van der Waals surface area contributed by atoms with Crippen LogP contribution in [0.3, 0.4) is 0 Å². The molecule has 2 aromatic rings. The van der Waals surface area contributed by atoms with Crippen LogP contribution in [0.2, 0.25) is 0 Å². The van der Waals surface area contributed by atoms with E-state index in [1.54, 1.807) is 6.20 Å². The zero-order valence-electron chi connectivity index (χ0n) is 8.07. The number of aromatic nitrogens is 1. The SMILES string of the molecule is CC(NN)c1ccc2cccnc2c1. The first kappa shape index (κ1) is 9.12. The minimum Gasteiger partial charge on any atom is -0.271 e. The molecule has 0 aliphatic carbocycles. The van der Waals surface area contributed by atoms with E-state index < -0.39 is 0 Å². The molecule has 1 aromatic heterocycles. The third-order valence-corrected chi connectivity index (χ3v) is 2.38. The van der Waals surface area contributed by atoms with Crippen molar-refractivity contribution in [2.75, 3.05) is 0 Å². The summed E-state index contributed by atoms with van der Waals surface area (Å²) in [7, 11) is 0. The molecule has 1 heterocycles. The first-order chi connectivity index (χ1) is 6.81. The van der Waals surface area contributed by atoms with Crippen LogP contribution in [0.25, 0.3) is 10.9 Å². The number of nitrogens with two attached hydrogens (primary N) is 1. The number of pyridine rings is 1. The monoisotopic (exact) mass is 187 g/mol. The molecular weight excluding hydrogens is 174 g/mol. The van der Waals surface area contributed by atoms with Crippen molar-refractivity contribution in [3.05, 3.63) is 42.1 Å².